The summed E-state index contributed by atoms with van der Waals surface area (Å²) in [6.07, 6.45) is -2.75. The number of hydrogen-bond donors (Lipinski definition) is 3. The van der Waals surface area contributed by atoms with Crippen LogP contribution in [0.25, 0.3) is 11.3 Å². The maximum Gasteiger partial charge on any atom is 0.259 e. The van der Waals surface area contributed by atoms with Crippen molar-refractivity contribution in [2.24, 2.45) is 0 Å². The van der Waals surface area contributed by atoms with Crippen LogP contribution in [0.1, 0.15) is 25.3 Å². The van der Waals surface area contributed by atoms with Crippen LogP contribution in [0.15, 0.2) is 45.5 Å². The highest BCUT2D eigenvalue weighted by atomic mass is 79.9. The van der Waals surface area contributed by atoms with Crippen LogP contribution in [0.5, 0.6) is 5.75 Å². The zero-order chi connectivity index (χ0) is 31.0. The Kier molecular flexibility index (Phi) is 9.80. The predicted octanol–water partition coefficient (Wildman–Crippen LogP) is 3.38. The summed E-state index contributed by atoms with van der Waals surface area (Å²) >= 11 is 6.92. The van der Waals surface area contributed by atoms with Crippen molar-refractivity contribution in [3.63, 3.8) is 0 Å². The summed E-state index contributed by atoms with van der Waals surface area (Å²) in [5.41, 5.74) is 0.781. The molecule has 0 bridgehead atoms. The van der Waals surface area contributed by atoms with Crippen LogP contribution in [0.3, 0.4) is 0 Å². The van der Waals surface area contributed by atoms with Crippen LogP contribution in [-0.4, -0.2) is 93.6 Å². The van der Waals surface area contributed by atoms with E-state index in [2.05, 4.69) is 42.2 Å². The van der Waals surface area contributed by atoms with Crippen molar-refractivity contribution >= 4 is 43.5 Å². The number of carbonyl (C=O) groups excluding carboxylic acids is 1. The van der Waals surface area contributed by atoms with Gasteiger partial charge in [-0.15, -0.1) is 5.10 Å². The number of hydrogen-bond acceptors (Lipinski definition) is 9. The molecule has 0 unspecified atom stereocenters. The van der Waals surface area contributed by atoms with Crippen LogP contribution in [0.4, 0.5) is 14.5 Å². The highest BCUT2D eigenvalue weighted by Crippen LogP contribution is 2.38. The number of rotatable bonds is 8. The zero-order valence-corrected chi connectivity index (χ0v) is 26.3. The Morgan fingerprint density at radius 2 is 1.86 bits per heavy atom. The summed E-state index contributed by atoms with van der Waals surface area (Å²) in [4.78, 5) is 15.9. The molecule has 11 nitrogen and oxygen atoms in total. The molecular formula is C28H30Br2F2N4O7. The molecule has 3 N–H and O–H groups in total. The molecule has 232 valence electrons. The molecular weight excluding hydrogens is 702 g/mol. The van der Waals surface area contributed by atoms with E-state index in [1.165, 1.54) is 36.1 Å². The fraction of sp³-hybridized carbons (Fsp3) is 0.464. The highest BCUT2D eigenvalue weighted by Gasteiger charge is 2.52. The second-order valence-corrected chi connectivity index (χ2v) is 12.3. The number of benzene rings is 2. The molecule has 1 aliphatic carbocycles. The van der Waals surface area contributed by atoms with E-state index in [-0.39, 0.29) is 17.0 Å². The van der Waals surface area contributed by atoms with E-state index in [1.807, 2.05) is 6.07 Å². The molecule has 3 aromatic rings. The number of carbonyl (C=O) groups is 1. The Labute approximate surface area is 262 Å². The highest BCUT2D eigenvalue weighted by molar-refractivity contribution is 9.11. The summed E-state index contributed by atoms with van der Waals surface area (Å²) in [7, 11) is 2.54. The van der Waals surface area contributed by atoms with Crippen LogP contribution in [0, 0.1) is 11.6 Å². The quantitative estimate of drug-likeness (QED) is 0.318. The molecule has 2 aliphatic rings. The lowest BCUT2D eigenvalue weighted by molar-refractivity contribution is -0.211. The van der Waals surface area contributed by atoms with E-state index >= 15 is 0 Å². The lowest BCUT2D eigenvalue weighted by Crippen LogP contribution is -2.62. The number of methoxy groups -OCH3 is 2. The Morgan fingerprint density at radius 3 is 2.47 bits per heavy atom. The summed E-state index contributed by atoms with van der Waals surface area (Å²) in [5, 5.41) is 40.4. The average molecular weight is 732 g/mol. The summed E-state index contributed by atoms with van der Waals surface area (Å²) in [6.45, 7) is -0.631. The lowest BCUT2D eigenvalue weighted by Gasteiger charge is -2.45. The van der Waals surface area contributed by atoms with E-state index in [0.717, 1.165) is 6.07 Å². The molecule has 15 heteroatoms. The van der Waals surface area contributed by atoms with Gasteiger partial charge in [0.25, 0.3) is 5.91 Å². The van der Waals surface area contributed by atoms with E-state index in [4.69, 9.17) is 14.2 Å². The summed E-state index contributed by atoms with van der Waals surface area (Å²) in [6, 6.07) is 5.83. The maximum absolute atomic E-state index is 14.4. The minimum absolute atomic E-state index is 0.129. The molecule has 7 atom stereocenters. The molecule has 0 spiro atoms. The Hall–Kier alpha value is -2.53. The zero-order valence-electron chi connectivity index (χ0n) is 23.1. The second-order valence-electron chi connectivity index (χ2n) is 10.4. The number of anilines is 1. The molecule has 1 saturated heterocycles. The Morgan fingerprint density at radius 1 is 1.14 bits per heavy atom. The molecule has 1 aliphatic heterocycles. The van der Waals surface area contributed by atoms with Crippen molar-refractivity contribution in [1.82, 2.24) is 15.0 Å². The molecule has 2 heterocycles. The largest absolute Gasteiger partial charge is 0.494 e. The van der Waals surface area contributed by atoms with Gasteiger partial charge in [-0.25, -0.2) is 9.07 Å². The topological polar surface area (TPSA) is 139 Å². The van der Waals surface area contributed by atoms with E-state index < -0.39 is 66.8 Å². The third-order valence-corrected chi connectivity index (χ3v) is 8.76. The molecule has 2 aromatic carbocycles. The van der Waals surface area contributed by atoms with Gasteiger partial charge in [-0.2, -0.15) is 4.39 Å². The van der Waals surface area contributed by atoms with Crippen molar-refractivity contribution in [2.45, 2.75) is 61.9 Å². The minimum atomic E-state index is -1.40. The third kappa shape index (κ3) is 6.21. The molecule has 0 radical (unpaired) electrons. The van der Waals surface area contributed by atoms with Gasteiger partial charge >= 0.3 is 0 Å². The standard InChI is InChI=1S/C28H30Br2F2N4O7/c1-41-21-7-13(6-17(31)23(21)32)18-11-35(34-33-18)24-25(39)22(12-37)43-27(26(24)42-2)28(40)36(19-4-3-5-20(19)38)16-9-14(29)8-15(30)10-16/h6-11,19-20,22,24-27,37-39H,3-5,12H2,1-2H3/t19-,20-,22+,24-,25-,26+,27+/m0/s1. The van der Waals surface area contributed by atoms with Gasteiger partial charge < -0.3 is 34.4 Å². The van der Waals surface area contributed by atoms with Gasteiger partial charge in [0.2, 0.25) is 5.82 Å². The van der Waals surface area contributed by atoms with E-state index in [9.17, 15) is 28.9 Å². The third-order valence-electron chi connectivity index (χ3n) is 7.85. The maximum atomic E-state index is 14.4. The van der Waals surface area contributed by atoms with Gasteiger partial charge in [0.1, 0.15) is 30.0 Å². The van der Waals surface area contributed by atoms with Crippen LogP contribution in [-0.2, 0) is 14.3 Å². The first-order chi connectivity index (χ1) is 20.6. The molecule has 5 rings (SSSR count). The monoisotopic (exact) mass is 730 g/mol. The van der Waals surface area contributed by atoms with Crippen molar-refractivity contribution in [2.75, 3.05) is 25.7 Å². The molecule has 2 fully saturated rings. The number of ether oxygens (including phenoxy) is 3. The van der Waals surface area contributed by atoms with Crippen molar-refractivity contribution in [3.8, 4) is 17.0 Å². The van der Waals surface area contributed by atoms with Gasteiger partial charge in [0, 0.05) is 27.3 Å². The van der Waals surface area contributed by atoms with Gasteiger partial charge in [-0.3, -0.25) is 4.79 Å². The lowest BCUT2D eigenvalue weighted by atomic mass is 9.91. The molecule has 1 saturated carbocycles. The average Bonchev–Trinajstić information content (AvgIpc) is 3.63. The van der Waals surface area contributed by atoms with Gasteiger partial charge in [0.05, 0.1) is 32.1 Å². The molecule has 1 amide bonds. The van der Waals surface area contributed by atoms with Crippen molar-refractivity contribution < 1.29 is 43.1 Å². The van der Waals surface area contributed by atoms with Gasteiger partial charge in [-0.1, -0.05) is 37.1 Å². The van der Waals surface area contributed by atoms with Gasteiger partial charge in [0.15, 0.2) is 17.7 Å². The van der Waals surface area contributed by atoms with E-state index in [0.29, 0.717) is 33.9 Å². The number of nitrogens with zero attached hydrogens (tertiary/aromatic N) is 4. The van der Waals surface area contributed by atoms with Crippen molar-refractivity contribution in [1.29, 1.82) is 0 Å². The minimum Gasteiger partial charge on any atom is -0.494 e. The predicted molar refractivity (Wildman–Crippen MR) is 156 cm³/mol. The fourth-order valence-electron chi connectivity index (χ4n) is 5.79. The van der Waals surface area contributed by atoms with E-state index in [1.54, 1.807) is 12.1 Å². The second kappa shape index (κ2) is 13.2. The normalized spacial score (nSPS) is 27.3. The smallest absolute Gasteiger partial charge is 0.259 e. The Bertz CT molecular complexity index is 1460. The molecule has 43 heavy (non-hydrogen) atoms. The first-order valence-corrected chi connectivity index (χ1v) is 15.1. The van der Waals surface area contributed by atoms with Crippen molar-refractivity contribution in [3.05, 3.63) is 57.1 Å². The number of aliphatic hydroxyl groups is 3. The first kappa shape index (κ1) is 31.9. The van der Waals surface area contributed by atoms with Crippen LogP contribution in [0.2, 0.25) is 0 Å². The number of amides is 1. The Balaban J connectivity index is 1.54. The number of aromatic nitrogens is 3. The molecule has 1 aromatic heterocycles. The SMILES string of the molecule is COc1cc(-c2cn([C@H]3[C@@H](O)[C@@H](CO)O[C@@H](C(=O)N(c4cc(Br)cc(Br)c4)[C@H]4CCC[C@@H]4O)[C@@H]3OC)nn2)cc(F)c1F. The number of halogens is 4. The first-order valence-electron chi connectivity index (χ1n) is 13.5. The number of aliphatic hydroxyl groups excluding tert-OH is 3. The van der Waals surface area contributed by atoms with Crippen LogP contribution >= 0.6 is 31.9 Å². The van der Waals surface area contributed by atoms with Crippen LogP contribution < -0.4 is 9.64 Å². The fourth-order valence-corrected chi connectivity index (χ4v) is 7.06. The summed E-state index contributed by atoms with van der Waals surface area (Å²) < 4.78 is 47.5. The summed E-state index contributed by atoms with van der Waals surface area (Å²) in [5.74, 6) is -3.18. The van der Waals surface area contributed by atoms with Gasteiger partial charge in [-0.05, 0) is 49.6 Å².